The van der Waals surface area contributed by atoms with E-state index in [9.17, 15) is 4.79 Å². The van der Waals surface area contributed by atoms with Crippen LogP contribution in [0.15, 0.2) is 78.9 Å². The Bertz CT molecular complexity index is 1480. The molecule has 1 heterocycles. The van der Waals surface area contributed by atoms with E-state index in [1.165, 1.54) is 11.1 Å². The van der Waals surface area contributed by atoms with Gasteiger partial charge in [-0.05, 0) is 78.3 Å². The van der Waals surface area contributed by atoms with Crippen molar-refractivity contribution in [2.75, 3.05) is 11.1 Å². The standard InChI is InChI=1S/C31H31N5O/c32-26-16-10-22(11-17-26)8-9-23-12-18-27(19-13-23)34-30(37)7-3-4-20-36-29(33)21-25-15-14-24-5-1-2-6-28(24)31(25)35-36/h1-2,5-6,8-13,16-19,21,33H,3-4,7,14-15,20,32H2,(H,34,37)/b9-8+,33-29?. The van der Waals surface area contributed by atoms with Crippen molar-refractivity contribution in [3.63, 3.8) is 0 Å². The molecule has 5 rings (SSSR count). The summed E-state index contributed by atoms with van der Waals surface area (Å²) in [4.78, 5) is 12.4. The van der Waals surface area contributed by atoms with Crippen LogP contribution >= 0.6 is 0 Å². The van der Waals surface area contributed by atoms with E-state index in [-0.39, 0.29) is 5.91 Å². The number of unbranched alkanes of at least 4 members (excludes halogenated alkanes) is 1. The van der Waals surface area contributed by atoms with E-state index in [2.05, 4.69) is 23.5 Å². The Hall–Kier alpha value is -4.45. The minimum atomic E-state index is -0.00593. The lowest BCUT2D eigenvalue weighted by molar-refractivity contribution is -0.116. The number of aromatic nitrogens is 2. The number of rotatable bonds is 8. The predicted octanol–water partition coefficient (Wildman–Crippen LogP) is 5.69. The fraction of sp³-hybridized carbons (Fsp3) is 0.194. The van der Waals surface area contributed by atoms with Crippen molar-refractivity contribution in [2.24, 2.45) is 0 Å². The second kappa shape index (κ2) is 11.1. The smallest absolute Gasteiger partial charge is 0.224 e. The molecule has 0 radical (unpaired) electrons. The maximum Gasteiger partial charge on any atom is 0.224 e. The van der Waals surface area contributed by atoms with E-state index in [4.69, 9.17) is 16.2 Å². The van der Waals surface area contributed by atoms with Gasteiger partial charge in [0.2, 0.25) is 5.91 Å². The topological polar surface area (TPSA) is 96.8 Å². The Kier molecular flexibility index (Phi) is 7.26. The van der Waals surface area contributed by atoms with Crippen LogP contribution < -0.4 is 16.5 Å². The minimum absolute atomic E-state index is 0.00593. The minimum Gasteiger partial charge on any atom is -0.399 e. The summed E-state index contributed by atoms with van der Waals surface area (Å²) < 4.78 is 1.76. The molecule has 186 valence electrons. The molecule has 1 aromatic heterocycles. The number of hydrogen-bond acceptors (Lipinski definition) is 4. The number of anilines is 2. The number of fused-ring (bicyclic) bond motifs is 3. The van der Waals surface area contributed by atoms with Crippen molar-refractivity contribution >= 4 is 29.4 Å². The number of nitrogen functional groups attached to an aromatic ring is 1. The van der Waals surface area contributed by atoms with Crippen LogP contribution in [0.5, 0.6) is 0 Å². The summed E-state index contributed by atoms with van der Waals surface area (Å²) in [6.45, 7) is 0.622. The Morgan fingerprint density at radius 1 is 0.919 bits per heavy atom. The number of nitrogens with two attached hydrogens (primary N) is 1. The lowest BCUT2D eigenvalue weighted by Crippen LogP contribution is -2.26. The largest absolute Gasteiger partial charge is 0.399 e. The first-order chi connectivity index (χ1) is 18.0. The number of carbonyl (C=O) groups excluding carboxylic acids is 1. The first-order valence-electron chi connectivity index (χ1n) is 12.7. The second-order valence-corrected chi connectivity index (χ2v) is 9.41. The Labute approximate surface area is 217 Å². The lowest BCUT2D eigenvalue weighted by atomic mass is 9.89. The summed E-state index contributed by atoms with van der Waals surface area (Å²) in [5.74, 6) is -0.00593. The number of aryl methyl sites for hydroxylation is 3. The quantitative estimate of drug-likeness (QED) is 0.168. The molecule has 3 aromatic carbocycles. The third-order valence-electron chi connectivity index (χ3n) is 6.67. The van der Waals surface area contributed by atoms with Gasteiger partial charge in [-0.25, -0.2) is 4.68 Å². The molecule has 0 saturated carbocycles. The highest BCUT2D eigenvalue weighted by atomic mass is 16.1. The zero-order chi connectivity index (χ0) is 25.6. The van der Waals surface area contributed by atoms with Gasteiger partial charge in [0.05, 0.1) is 5.69 Å². The van der Waals surface area contributed by atoms with Gasteiger partial charge in [0.15, 0.2) is 0 Å². The highest BCUT2D eigenvalue weighted by Crippen LogP contribution is 2.30. The molecule has 0 saturated heterocycles. The molecule has 1 aliphatic carbocycles. The highest BCUT2D eigenvalue weighted by molar-refractivity contribution is 5.90. The van der Waals surface area contributed by atoms with E-state index < -0.39 is 0 Å². The monoisotopic (exact) mass is 489 g/mol. The maximum atomic E-state index is 12.4. The van der Waals surface area contributed by atoms with Crippen molar-refractivity contribution in [1.29, 1.82) is 5.41 Å². The molecule has 37 heavy (non-hydrogen) atoms. The van der Waals surface area contributed by atoms with E-state index in [1.807, 2.05) is 72.8 Å². The van der Waals surface area contributed by atoms with Crippen LogP contribution in [0.3, 0.4) is 0 Å². The van der Waals surface area contributed by atoms with E-state index in [0.29, 0.717) is 18.5 Å². The first-order valence-corrected chi connectivity index (χ1v) is 12.7. The highest BCUT2D eigenvalue weighted by Gasteiger charge is 2.18. The average molecular weight is 490 g/mol. The van der Waals surface area contributed by atoms with Crippen LogP contribution in [0.25, 0.3) is 23.4 Å². The zero-order valence-electron chi connectivity index (χ0n) is 20.8. The van der Waals surface area contributed by atoms with Crippen LogP contribution in [0.2, 0.25) is 0 Å². The van der Waals surface area contributed by atoms with Gasteiger partial charge in [0.25, 0.3) is 0 Å². The Morgan fingerprint density at radius 2 is 1.59 bits per heavy atom. The number of nitrogens with zero attached hydrogens (tertiary/aromatic N) is 2. The summed E-state index contributed by atoms with van der Waals surface area (Å²) >= 11 is 0. The van der Waals surface area contributed by atoms with Gasteiger partial charge in [-0.2, -0.15) is 5.10 Å². The van der Waals surface area contributed by atoms with E-state index in [0.717, 1.165) is 59.4 Å². The summed E-state index contributed by atoms with van der Waals surface area (Å²) in [6.07, 6.45) is 7.92. The second-order valence-electron chi connectivity index (χ2n) is 9.41. The van der Waals surface area contributed by atoms with Gasteiger partial charge in [0.1, 0.15) is 5.49 Å². The van der Waals surface area contributed by atoms with Gasteiger partial charge in [-0.3, -0.25) is 10.2 Å². The van der Waals surface area contributed by atoms with Gasteiger partial charge < -0.3 is 11.1 Å². The van der Waals surface area contributed by atoms with Crippen molar-refractivity contribution in [2.45, 2.75) is 38.6 Å². The molecule has 0 fully saturated rings. The normalized spacial score (nSPS) is 12.2. The number of amides is 1. The molecular formula is C31H31N5O. The van der Waals surface area contributed by atoms with Gasteiger partial charge in [0, 0.05) is 29.9 Å². The van der Waals surface area contributed by atoms with Crippen molar-refractivity contribution in [3.05, 3.63) is 107 Å². The summed E-state index contributed by atoms with van der Waals surface area (Å²) in [6, 6.07) is 25.8. The molecule has 0 atom stereocenters. The third kappa shape index (κ3) is 6.04. The van der Waals surface area contributed by atoms with Gasteiger partial charge in [-0.1, -0.05) is 60.7 Å². The third-order valence-corrected chi connectivity index (χ3v) is 6.67. The molecule has 1 aliphatic rings. The Morgan fingerprint density at radius 3 is 2.35 bits per heavy atom. The average Bonchev–Trinajstić information content (AvgIpc) is 2.91. The molecule has 6 heteroatoms. The van der Waals surface area contributed by atoms with Gasteiger partial charge >= 0.3 is 0 Å². The summed E-state index contributed by atoms with van der Waals surface area (Å²) in [5, 5.41) is 16.2. The Balaban J connectivity index is 1.11. The molecule has 4 aromatic rings. The van der Waals surface area contributed by atoms with Crippen molar-refractivity contribution < 1.29 is 4.79 Å². The van der Waals surface area contributed by atoms with Crippen LogP contribution in [0.1, 0.15) is 41.5 Å². The zero-order valence-corrected chi connectivity index (χ0v) is 20.8. The summed E-state index contributed by atoms with van der Waals surface area (Å²) in [5.41, 5.74) is 14.4. The SMILES string of the molecule is N=c1cc2c(nn1CCCCC(=O)Nc1ccc(/C=C/c3ccc(N)cc3)cc1)-c1ccccc1CC2. The first kappa shape index (κ1) is 24.3. The fourth-order valence-electron chi connectivity index (χ4n) is 4.62. The molecule has 4 N–H and O–H groups in total. The number of benzene rings is 3. The molecule has 1 amide bonds. The van der Waals surface area contributed by atoms with Crippen LogP contribution in [0.4, 0.5) is 11.4 Å². The molecular weight excluding hydrogens is 458 g/mol. The van der Waals surface area contributed by atoms with E-state index in [1.54, 1.807) is 4.68 Å². The molecule has 0 bridgehead atoms. The number of carbonyl (C=O) groups is 1. The van der Waals surface area contributed by atoms with Crippen molar-refractivity contribution in [3.8, 4) is 11.3 Å². The van der Waals surface area contributed by atoms with Crippen molar-refractivity contribution in [1.82, 2.24) is 9.78 Å². The summed E-state index contributed by atoms with van der Waals surface area (Å²) in [7, 11) is 0. The predicted molar refractivity (Wildman–Crippen MR) is 150 cm³/mol. The number of hydrogen-bond donors (Lipinski definition) is 3. The maximum absolute atomic E-state index is 12.4. The molecule has 0 unspecified atom stereocenters. The van der Waals surface area contributed by atoms with Crippen LogP contribution in [0, 0.1) is 5.41 Å². The fourth-order valence-corrected chi connectivity index (χ4v) is 4.62. The number of nitrogens with one attached hydrogen (secondary N) is 2. The molecule has 6 nitrogen and oxygen atoms in total. The molecule has 0 aliphatic heterocycles. The van der Waals surface area contributed by atoms with Crippen LogP contribution in [-0.2, 0) is 24.2 Å². The van der Waals surface area contributed by atoms with Gasteiger partial charge in [-0.15, -0.1) is 0 Å². The molecule has 0 spiro atoms. The van der Waals surface area contributed by atoms with E-state index >= 15 is 0 Å². The lowest BCUT2D eigenvalue weighted by Gasteiger charge is -2.20. The van der Waals surface area contributed by atoms with Crippen LogP contribution in [-0.4, -0.2) is 15.7 Å².